The molecule has 3 heterocycles. The maximum atomic E-state index is 4.45. The fourth-order valence-corrected chi connectivity index (χ4v) is 2.58. The molecule has 0 aromatic carbocycles. The Kier molecular flexibility index (Phi) is 2.48. The van der Waals surface area contributed by atoms with Gasteiger partial charge < -0.3 is 5.32 Å². The Morgan fingerprint density at radius 2 is 2.06 bits per heavy atom. The van der Waals surface area contributed by atoms with Crippen LogP contribution in [0.2, 0.25) is 0 Å². The van der Waals surface area contributed by atoms with Crippen LogP contribution >= 0.6 is 11.5 Å². The molecule has 0 aliphatic rings. The standard InChI is InChI=1S/C11H12N6S/c1-6-4-5-8-13-14-10(17(8)15-6)9-7(2)16-18-11(9)12-3/h4-5,12H,1-3H3. The van der Waals surface area contributed by atoms with E-state index in [-0.39, 0.29) is 0 Å². The summed E-state index contributed by atoms with van der Waals surface area (Å²) in [4.78, 5) is 0. The van der Waals surface area contributed by atoms with Crippen LogP contribution in [0.5, 0.6) is 0 Å². The second kappa shape index (κ2) is 4.02. The van der Waals surface area contributed by atoms with Crippen molar-refractivity contribution in [3.05, 3.63) is 23.5 Å². The minimum absolute atomic E-state index is 0.726. The van der Waals surface area contributed by atoms with Gasteiger partial charge in [0.15, 0.2) is 11.5 Å². The number of anilines is 1. The summed E-state index contributed by atoms with van der Waals surface area (Å²) in [7, 11) is 1.87. The largest absolute Gasteiger partial charge is 0.378 e. The molecule has 0 saturated carbocycles. The van der Waals surface area contributed by atoms with Gasteiger partial charge in [0, 0.05) is 7.05 Å². The van der Waals surface area contributed by atoms with Crippen LogP contribution in [-0.2, 0) is 0 Å². The molecule has 18 heavy (non-hydrogen) atoms. The van der Waals surface area contributed by atoms with E-state index in [1.807, 2.05) is 33.0 Å². The number of aryl methyl sites for hydroxylation is 2. The average molecular weight is 260 g/mol. The molecule has 3 aromatic rings. The molecular weight excluding hydrogens is 248 g/mol. The number of nitrogens with one attached hydrogen (secondary N) is 1. The van der Waals surface area contributed by atoms with E-state index in [9.17, 15) is 0 Å². The van der Waals surface area contributed by atoms with Crippen LogP contribution in [0.25, 0.3) is 17.0 Å². The molecule has 0 spiro atoms. The smallest absolute Gasteiger partial charge is 0.190 e. The third kappa shape index (κ3) is 1.55. The SMILES string of the molecule is CNc1snc(C)c1-c1nnc2ccc(C)nn12. The summed E-state index contributed by atoms with van der Waals surface area (Å²) in [6.45, 7) is 3.91. The van der Waals surface area contributed by atoms with Crippen molar-refractivity contribution in [2.24, 2.45) is 0 Å². The molecule has 0 unspecified atom stereocenters. The molecule has 0 aliphatic carbocycles. The Hall–Kier alpha value is -2.02. The van der Waals surface area contributed by atoms with E-state index in [0.717, 1.165) is 33.4 Å². The number of rotatable bonds is 2. The van der Waals surface area contributed by atoms with E-state index in [4.69, 9.17) is 0 Å². The van der Waals surface area contributed by atoms with Gasteiger partial charge in [-0.15, -0.1) is 10.2 Å². The van der Waals surface area contributed by atoms with Gasteiger partial charge in [0.1, 0.15) is 5.00 Å². The topological polar surface area (TPSA) is 68.0 Å². The van der Waals surface area contributed by atoms with E-state index in [1.54, 1.807) is 4.52 Å². The number of aromatic nitrogens is 5. The average Bonchev–Trinajstić information content (AvgIpc) is 2.92. The predicted octanol–water partition coefficient (Wildman–Crippen LogP) is 1.91. The van der Waals surface area contributed by atoms with Crippen LogP contribution in [0.3, 0.4) is 0 Å². The first-order valence-corrected chi connectivity index (χ1v) is 6.31. The number of hydrogen-bond acceptors (Lipinski definition) is 6. The van der Waals surface area contributed by atoms with E-state index in [1.165, 1.54) is 11.5 Å². The minimum Gasteiger partial charge on any atom is -0.378 e. The summed E-state index contributed by atoms with van der Waals surface area (Å²) in [6, 6.07) is 3.83. The quantitative estimate of drug-likeness (QED) is 0.762. The fraction of sp³-hybridized carbons (Fsp3) is 0.273. The van der Waals surface area contributed by atoms with E-state index in [0.29, 0.717) is 0 Å². The Morgan fingerprint density at radius 3 is 2.83 bits per heavy atom. The van der Waals surface area contributed by atoms with Gasteiger partial charge in [0.05, 0.1) is 17.0 Å². The van der Waals surface area contributed by atoms with Crippen LogP contribution in [0.1, 0.15) is 11.4 Å². The summed E-state index contributed by atoms with van der Waals surface area (Å²) < 4.78 is 6.10. The van der Waals surface area contributed by atoms with Crippen molar-refractivity contribution < 1.29 is 0 Å². The molecule has 92 valence electrons. The van der Waals surface area contributed by atoms with Crippen molar-refractivity contribution in [2.75, 3.05) is 12.4 Å². The first-order valence-electron chi connectivity index (χ1n) is 5.54. The molecule has 7 heteroatoms. The van der Waals surface area contributed by atoms with Crippen LogP contribution in [0.4, 0.5) is 5.00 Å². The molecule has 0 bridgehead atoms. The van der Waals surface area contributed by atoms with Crippen LogP contribution in [0.15, 0.2) is 12.1 Å². The maximum absolute atomic E-state index is 4.45. The molecule has 0 saturated heterocycles. The summed E-state index contributed by atoms with van der Waals surface area (Å²) in [5.41, 5.74) is 3.56. The second-order valence-electron chi connectivity index (χ2n) is 3.99. The van der Waals surface area contributed by atoms with E-state index in [2.05, 4.69) is 25.0 Å². The molecule has 0 fully saturated rings. The van der Waals surface area contributed by atoms with Crippen molar-refractivity contribution in [3.63, 3.8) is 0 Å². The van der Waals surface area contributed by atoms with Gasteiger partial charge in [0.25, 0.3) is 0 Å². The summed E-state index contributed by atoms with van der Waals surface area (Å²) in [6.07, 6.45) is 0. The summed E-state index contributed by atoms with van der Waals surface area (Å²) in [5, 5.41) is 16.9. The van der Waals surface area contributed by atoms with Gasteiger partial charge in [-0.3, -0.25) is 0 Å². The lowest BCUT2D eigenvalue weighted by Gasteiger charge is -2.01. The first-order chi connectivity index (χ1) is 8.70. The van der Waals surface area contributed by atoms with Crippen LogP contribution < -0.4 is 5.32 Å². The predicted molar refractivity (Wildman–Crippen MR) is 70.9 cm³/mol. The Bertz CT molecular complexity index is 713. The minimum atomic E-state index is 0.726. The van der Waals surface area contributed by atoms with Crippen molar-refractivity contribution >= 4 is 22.2 Å². The van der Waals surface area contributed by atoms with Crippen molar-refractivity contribution in [1.82, 2.24) is 24.2 Å². The van der Waals surface area contributed by atoms with E-state index < -0.39 is 0 Å². The normalized spacial score (nSPS) is 11.1. The lowest BCUT2D eigenvalue weighted by atomic mass is 10.2. The molecule has 0 radical (unpaired) electrons. The van der Waals surface area contributed by atoms with E-state index >= 15 is 0 Å². The zero-order chi connectivity index (χ0) is 12.7. The van der Waals surface area contributed by atoms with Crippen LogP contribution in [-0.4, -0.2) is 31.2 Å². The highest BCUT2D eigenvalue weighted by atomic mass is 32.1. The molecule has 6 nitrogen and oxygen atoms in total. The zero-order valence-electron chi connectivity index (χ0n) is 10.3. The van der Waals surface area contributed by atoms with Crippen LogP contribution in [0, 0.1) is 13.8 Å². The highest BCUT2D eigenvalue weighted by Crippen LogP contribution is 2.32. The fourth-order valence-electron chi connectivity index (χ4n) is 1.84. The number of hydrogen-bond donors (Lipinski definition) is 1. The molecule has 0 aliphatic heterocycles. The Morgan fingerprint density at radius 1 is 1.22 bits per heavy atom. The Labute approximate surface area is 108 Å². The highest BCUT2D eigenvalue weighted by molar-refractivity contribution is 7.10. The Balaban J connectivity index is 2.31. The van der Waals surface area contributed by atoms with Crippen molar-refractivity contribution in [2.45, 2.75) is 13.8 Å². The van der Waals surface area contributed by atoms with Crippen molar-refractivity contribution in [3.8, 4) is 11.4 Å². The third-order valence-corrected chi connectivity index (χ3v) is 3.67. The van der Waals surface area contributed by atoms with Gasteiger partial charge in [-0.05, 0) is 37.5 Å². The lowest BCUT2D eigenvalue weighted by molar-refractivity contribution is 0.901. The third-order valence-electron chi connectivity index (χ3n) is 2.71. The molecule has 0 atom stereocenters. The van der Waals surface area contributed by atoms with Gasteiger partial charge >= 0.3 is 0 Å². The van der Waals surface area contributed by atoms with Gasteiger partial charge in [-0.25, -0.2) is 0 Å². The molecule has 3 aromatic heterocycles. The first kappa shape index (κ1) is 11.1. The maximum Gasteiger partial charge on any atom is 0.190 e. The zero-order valence-corrected chi connectivity index (χ0v) is 11.1. The lowest BCUT2D eigenvalue weighted by Crippen LogP contribution is -1.98. The summed E-state index contributed by atoms with van der Waals surface area (Å²) in [5.74, 6) is 0.726. The summed E-state index contributed by atoms with van der Waals surface area (Å²) >= 11 is 1.42. The van der Waals surface area contributed by atoms with Crippen molar-refractivity contribution in [1.29, 1.82) is 0 Å². The number of nitrogens with zero attached hydrogens (tertiary/aromatic N) is 5. The second-order valence-corrected chi connectivity index (χ2v) is 4.76. The van der Waals surface area contributed by atoms with Gasteiger partial charge in [-0.2, -0.15) is 14.0 Å². The highest BCUT2D eigenvalue weighted by Gasteiger charge is 2.18. The molecule has 3 rings (SSSR count). The number of fused-ring (bicyclic) bond motifs is 1. The van der Waals surface area contributed by atoms with Gasteiger partial charge in [0.2, 0.25) is 0 Å². The molecule has 1 N–H and O–H groups in total. The van der Waals surface area contributed by atoms with Gasteiger partial charge in [-0.1, -0.05) is 0 Å². The monoisotopic (exact) mass is 260 g/mol. The molecule has 0 amide bonds. The molecular formula is C11H12N6S.